The molecule has 0 atom stereocenters. The summed E-state index contributed by atoms with van der Waals surface area (Å²) in [5, 5.41) is 28.0. The maximum atomic E-state index is 12.4. The van der Waals surface area contributed by atoms with Crippen LogP contribution in [0.1, 0.15) is 26.3 Å². The molecule has 114 valence electrons. The highest BCUT2D eigenvalue weighted by molar-refractivity contribution is 6.09. The van der Waals surface area contributed by atoms with Gasteiger partial charge in [-0.1, -0.05) is 12.1 Å². The second kappa shape index (κ2) is 6.17. The van der Waals surface area contributed by atoms with E-state index in [-0.39, 0.29) is 34.8 Å². The number of carbonyl (C=O) groups is 2. The third kappa shape index (κ3) is 3.17. The van der Waals surface area contributed by atoms with Crippen LogP contribution in [-0.4, -0.2) is 34.2 Å². The van der Waals surface area contributed by atoms with Gasteiger partial charge in [0, 0.05) is 12.5 Å². The van der Waals surface area contributed by atoms with Crippen molar-refractivity contribution >= 4 is 11.8 Å². The van der Waals surface area contributed by atoms with Crippen LogP contribution >= 0.6 is 0 Å². The fourth-order valence-corrected chi connectivity index (χ4v) is 2.11. The first kappa shape index (κ1) is 15.4. The number of methoxy groups -OCH3 is 1. The molecule has 0 bridgehead atoms. The number of ketones is 1. The molecule has 0 fully saturated rings. The molecule has 22 heavy (non-hydrogen) atoms. The Labute approximate surface area is 126 Å². The van der Waals surface area contributed by atoms with Crippen LogP contribution in [0.3, 0.4) is 0 Å². The molecular weight excluding hydrogens is 288 g/mol. The van der Waals surface area contributed by atoms with Gasteiger partial charge in [0.05, 0.1) is 18.2 Å². The lowest BCUT2D eigenvalue weighted by molar-refractivity contribution is 0.0690. The molecule has 0 amide bonds. The molecule has 0 spiro atoms. The topological polar surface area (TPSA) is 104 Å². The van der Waals surface area contributed by atoms with Crippen molar-refractivity contribution in [2.45, 2.75) is 6.42 Å². The van der Waals surface area contributed by atoms with Crippen molar-refractivity contribution in [1.29, 1.82) is 0 Å². The van der Waals surface area contributed by atoms with E-state index in [0.29, 0.717) is 5.56 Å². The molecule has 2 aromatic carbocycles. The molecule has 0 heterocycles. The van der Waals surface area contributed by atoms with Crippen LogP contribution in [0.25, 0.3) is 0 Å². The van der Waals surface area contributed by atoms with E-state index in [4.69, 9.17) is 4.74 Å². The number of aromatic hydroxyl groups is 2. The number of Topliss-reactive ketones (excluding diaryl/α,β-unsaturated/α-hetero) is 1. The van der Waals surface area contributed by atoms with Gasteiger partial charge >= 0.3 is 5.97 Å². The molecule has 0 saturated heterocycles. The second-order valence-electron chi connectivity index (χ2n) is 4.64. The van der Waals surface area contributed by atoms with Crippen molar-refractivity contribution in [3.8, 4) is 17.2 Å². The van der Waals surface area contributed by atoms with Gasteiger partial charge in [-0.25, -0.2) is 4.79 Å². The predicted octanol–water partition coefficient (Wildman–Crippen LogP) is 2.23. The Morgan fingerprint density at radius 3 is 2.23 bits per heavy atom. The monoisotopic (exact) mass is 302 g/mol. The van der Waals surface area contributed by atoms with E-state index >= 15 is 0 Å². The van der Waals surface area contributed by atoms with Gasteiger partial charge in [-0.15, -0.1) is 0 Å². The molecule has 0 unspecified atom stereocenters. The van der Waals surface area contributed by atoms with Gasteiger partial charge in [-0.05, 0) is 23.8 Å². The largest absolute Gasteiger partial charge is 0.508 e. The predicted molar refractivity (Wildman–Crippen MR) is 77.8 cm³/mol. The summed E-state index contributed by atoms with van der Waals surface area (Å²) in [6.07, 6.45) is -0.0539. The van der Waals surface area contributed by atoms with Crippen LogP contribution in [0.5, 0.6) is 17.2 Å². The summed E-state index contributed by atoms with van der Waals surface area (Å²) in [4.78, 5) is 23.7. The molecule has 6 heteroatoms. The van der Waals surface area contributed by atoms with E-state index in [1.165, 1.54) is 25.3 Å². The Kier molecular flexibility index (Phi) is 4.31. The maximum absolute atomic E-state index is 12.4. The average molecular weight is 302 g/mol. The number of phenolic OH excluding ortho intramolecular Hbond substituents is 2. The Balaban J connectivity index is 2.43. The number of rotatable bonds is 5. The molecule has 0 aromatic heterocycles. The fraction of sp³-hybridized carbons (Fsp3) is 0.125. The summed E-state index contributed by atoms with van der Waals surface area (Å²) in [6, 6.07) is 8.22. The molecule has 2 rings (SSSR count). The molecule has 0 radical (unpaired) electrons. The number of aromatic carboxylic acids is 1. The van der Waals surface area contributed by atoms with Crippen molar-refractivity contribution in [3.05, 3.63) is 53.1 Å². The van der Waals surface area contributed by atoms with Crippen molar-refractivity contribution < 1.29 is 29.6 Å². The normalized spacial score (nSPS) is 10.2. The number of carbonyl (C=O) groups excluding carboxylic acids is 1. The van der Waals surface area contributed by atoms with Crippen molar-refractivity contribution in [3.63, 3.8) is 0 Å². The minimum absolute atomic E-state index is 0.00109. The Bertz CT molecular complexity index is 718. The highest BCUT2D eigenvalue weighted by atomic mass is 16.5. The van der Waals surface area contributed by atoms with Gasteiger partial charge in [0.2, 0.25) is 0 Å². The zero-order valence-corrected chi connectivity index (χ0v) is 11.7. The number of carboxylic acid groups (broad SMARTS) is 1. The summed E-state index contributed by atoms with van der Waals surface area (Å²) in [7, 11) is 1.29. The molecule has 2 aromatic rings. The summed E-state index contributed by atoms with van der Waals surface area (Å²) in [5.74, 6) is -2.01. The third-order valence-corrected chi connectivity index (χ3v) is 3.12. The number of benzene rings is 2. The van der Waals surface area contributed by atoms with E-state index in [1.54, 1.807) is 12.1 Å². The van der Waals surface area contributed by atoms with Crippen LogP contribution in [0.2, 0.25) is 0 Å². The zero-order chi connectivity index (χ0) is 16.3. The van der Waals surface area contributed by atoms with E-state index in [9.17, 15) is 24.9 Å². The van der Waals surface area contributed by atoms with E-state index in [2.05, 4.69) is 0 Å². The van der Waals surface area contributed by atoms with Crippen LogP contribution < -0.4 is 4.74 Å². The van der Waals surface area contributed by atoms with E-state index in [0.717, 1.165) is 6.07 Å². The lowest BCUT2D eigenvalue weighted by Crippen LogP contribution is -2.12. The van der Waals surface area contributed by atoms with Gasteiger partial charge in [0.1, 0.15) is 17.2 Å². The van der Waals surface area contributed by atoms with Crippen LogP contribution in [0.15, 0.2) is 36.4 Å². The van der Waals surface area contributed by atoms with Crippen molar-refractivity contribution in [1.82, 2.24) is 0 Å². The van der Waals surface area contributed by atoms with Crippen molar-refractivity contribution in [2.75, 3.05) is 7.11 Å². The minimum atomic E-state index is -1.33. The van der Waals surface area contributed by atoms with Gasteiger partial charge in [-0.2, -0.15) is 0 Å². The van der Waals surface area contributed by atoms with Gasteiger partial charge in [0.15, 0.2) is 5.78 Å². The molecule has 0 aliphatic rings. The standard InChI is InChI=1S/C16H14O6/c1-22-14-8-11(18)7-12(16(20)21)15(14)13(19)6-9-2-4-10(17)5-3-9/h2-5,7-8,17-18H,6H2,1H3,(H,20,21). The maximum Gasteiger partial charge on any atom is 0.336 e. The molecule has 0 saturated carbocycles. The SMILES string of the molecule is COc1cc(O)cc(C(=O)O)c1C(=O)Cc1ccc(O)cc1. The molecule has 3 N–H and O–H groups in total. The lowest BCUT2D eigenvalue weighted by Gasteiger charge is -2.11. The summed E-state index contributed by atoms with van der Waals surface area (Å²) in [5.41, 5.74) is 0.204. The first-order valence-electron chi connectivity index (χ1n) is 6.37. The molecular formula is C16H14O6. The average Bonchev–Trinajstić information content (AvgIpc) is 2.48. The van der Waals surface area contributed by atoms with Gasteiger partial charge in [0.25, 0.3) is 0 Å². The smallest absolute Gasteiger partial charge is 0.336 e. The van der Waals surface area contributed by atoms with Crippen LogP contribution in [-0.2, 0) is 6.42 Å². The summed E-state index contributed by atoms with van der Waals surface area (Å²) in [6.45, 7) is 0. The van der Waals surface area contributed by atoms with E-state index < -0.39 is 11.8 Å². The molecule has 0 aliphatic carbocycles. The summed E-state index contributed by atoms with van der Waals surface area (Å²) >= 11 is 0. The zero-order valence-electron chi connectivity index (χ0n) is 11.7. The van der Waals surface area contributed by atoms with Crippen LogP contribution in [0, 0.1) is 0 Å². The number of hydrogen-bond donors (Lipinski definition) is 3. The first-order chi connectivity index (χ1) is 10.4. The first-order valence-corrected chi connectivity index (χ1v) is 6.37. The highest BCUT2D eigenvalue weighted by Gasteiger charge is 2.23. The lowest BCUT2D eigenvalue weighted by atomic mass is 9.97. The van der Waals surface area contributed by atoms with E-state index in [1.807, 2.05) is 0 Å². The number of ether oxygens (including phenoxy) is 1. The van der Waals surface area contributed by atoms with Gasteiger partial charge in [-0.3, -0.25) is 4.79 Å². The quantitative estimate of drug-likeness (QED) is 0.732. The van der Waals surface area contributed by atoms with Crippen LogP contribution in [0.4, 0.5) is 0 Å². The Morgan fingerprint density at radius 1 is 1.05 bits per heavy atom. The minimum Gasteiger partial charge on any atom is -0.508 e. The number of hydrogen-bond acceptors (Lipinski definition) is 5. The summed E-state index contributed by atoms with van der Waals surface area (Å²) < 4.78 is 5.01. The molecule has 6 nitrogen and oxygen atoms in total. The Morgan fingerprint density at radius 2 is 1.68 bits per heavy atom. The van der Waals surface area contributed by atoms with Gasteiger partial charge < -0.3 is 20.1 Å². The second-order valence-corrected chi connectivity index (χ2v) is 4.64. The number of carboxylic acids is 1. The fourth-order valence-electron chi connectivity index (χ4n) is 2.11. The Hall–Kier alpha value is -3.02. The number of phenols is 2. The van der Waals surface area contributed by atoms with Crippen molar-refractivity contribution in [2.24, 2.45) is 0 Å². The third-order valence-electron chi connectivity index (χ3n) is 3.12. The molecule has 0 aliphatic heterocycles. The highest BCUT2D eigenvalue weighted by Crippen LogP contribution is 2.29.